The first-order valence-electron chi connectivity index (χ1n) is 11.2. The summed E-state index contributed by atoms with van der Waals surface area (Å²) in [7, 11) is 1.39. The smallest absolute Gasteiger partial charge is 0.313 e. The lowest BCUT2D eigenvalue weighted by atomic mass is 9.99. The summed E-state index contributed by atoms with van der Waals surface area (Å²) in [5.74, 6) is 2.63. The van der Waals surface area contributed by atoms with E-state index < -0.39 is 6.48 Å². The number of aliphatic hydroxyl groups excluding tert-OH is 1. The predicted octanol–water partition coefficient (Wildman–Crippen LogP) is 6.46. The van der Waals surface area contributed by atoms with Crippen molar-refractivity contribution < 1.29 is 24.1 Å². The quantitative estimate of drug-likeness (QED) is 0.413. The van der Waals surface area contributed by atoms with Crippen LogP contribution in [0.4, 0.5) is 0 Å². The van der Waals surface area contributed by atoms with Crippen LogP contribution in [0.25, 0.3) is 0 Å². The number of aliphatic hydroxyl groups is 1. The molecule has 0 saturated carbocycles. The molecule has 4 unspecified atom stereocenters. The Labute approximate surface area is 188 Å². The lowest BCUT2D eigenvalue weighted by Crippen LogP contribution is -2.17. The van der Waals surface area contributed by atoms with Crippen LogP contribution in [0.5, 0.6) is 11.5 Å². The van der Waals surface area contributed by atoms with Gasteiger partial charge in [0.15, 0.2) is 6.29 Å². The van der Waals surface area contributed by atoms with Gasteiger partial charge in [0.2, 0.25) is 0 Å². The highest BCUT2D eigenvalue weighted by molar-refractivity contribution is 5.30. The first-order valence-corrected chi connectivity index (χ1v) is 11.2. The molecule has 0 bridgehead atoms. The van der Waals surface area contributed by atoms with Gasteiger partial charge < -0.3 is 24.1 Å². The maximum Gasteiger partial charge on any atom is 0.313 e. The Morgan fingerprint density at radius 2 is 1.13 bits per heavy atom. The highest BCUT2D eigenvalue weighted by Gasteiger charge is 2.06. The molecule has 0 spiro atoms. The maximum absolute atomic E-state index is 9.09. The minimum Gasteiger partial charge on any atom is -0.465 e. The van der Waals surface area contributed by atoms with E-state index in [1.165, 1.54) is 18.2 Å². The van der Waals surface area contributed by atoms with Crippen molar-refractivity contribution in [3.63, 3.8) is 0 Å². The summed E-state index contributed by atoms with van der Waals surface area (Å²) in [6, 6.07) is 16.0. The van der Waals surface area contributed by atoms with Crippen molar-refractivity contribution in [3.05, 3.63) is 59.7 Å². The van der Waals surface area contributed by atoms with Crippen LogP contribution in [0.15, 0.2) is 48.5 Å². The monoisotopic (exact) mass is 432 g/mol. The van der Waals surface area contributed by atoms with E-state index in [-0.39, 0.29) is 6.29 Å². The lowest BCUT2D eigenvalue weighted by Gasteiger charge is -2.15. The number of rotatable bonds is 11. The van der Waals surface area contributed by atoms with Gasteiger partial charge in [0.25, 0.3) is 0 Å². The van der Waals surface area contributed by atoms with Crippen molar-refractivity contribution in [1.29, 1.82) is 0 Å². The number of benzene rings is 2. The number of hydrogen-bond donors (Lipinski definition) is 1. The van der Waals surface area contributed by atoms with Gasteiger partial charge in [-0.25, -0.2) is 0 Å². The fourth-order valence-electron chi connectivity index (χ4n) is 2.85. The van der Waals surface area contributed by atoms with Gasteiger partial charge in [-0.3, -0.25) is 0 Å². The van der Waals surface area contributed by atoms with E-state index in [1.54, 1.807) is 0 Å². The van der Waals surface area contributed by atoms with E-state index in [2.05, 4.69) is 44.6 Å². The molecule has 1 N–H and O–H groups in total. The standard InChI is InChI=1S/C14H22O2.C12H18O3/c1-5-11(3)13-7-9-14(10-8-13)16-12(4)15-6-2;1-4-9(2)10-5-7-11(8-6-10)15-12(13)14-3/h7-12H,5-6H2,1-4H3;5-9,12-13H,4H2,1-3H3. The summed E-state index contributed by atoms with van der Waals surface area (Å²) in [5.41, 5.74) is 2.63. The number of methoxy groups -OCH3 is 1. The van der Waals surface area contributed by atoms with Crippen LogP contribution in [-0.4, -0.2) is 31.6 Å². The third kappa shape index (κ3) is 10.2. The van der Waals surface area contributed by atoms with Gasteiger partial charge in [-0.15, -0.1) is 0 Å². The van der Waals surface area contributed by atoms with Crippen LogP contribution in [0.1, 0.15) is 77.3 Å². The van der Waals surface area contributed by atoms with Crippen molar-refractivity contribution in [2.75, 3.05) is 13.7 Å². The number of ether oxygens (including phenoxy) is 4. The third-order valence-electron chi connectivity index (χ3n) is 5.26. The lowest BCUT2D eigenvalue weighted by molar-refractivity contribution is -0.200. The van der Waals surface area contributed by atoms with E-state index >= 15 is 0 Å². The first-order chi connectivity index (χ1) is 14.8. The summed E-state index contributed by atoms with van der Waals surface area (Å²) in [5, 5.41) is 9.09. The fraction of sp³-hybridized carbons (Fsp3) is 0.538. The van der Waals surface area contributed by atoms with Crippen LogP contribution in [0, 0.1) is 0 Å². The van der Waals surface area contributed by atoms with Gasteiger partial charge >= 0.3 is 6.48 Å². The molecule has 0 saturated heterocycles. The Hall–Kier alpha value is -2.08. The molecule has 0 aliphatic rings. The van der Waals surface area contributed by atoms with Gasteiger partial charge in [-0.05, 0) is 73.9 Å². The average molecular weight is 433 g/mol. The molecule has 5 nitrogen and oxygen atoms in total. The molecule has 0 aromatic heterocycles. The second-order valence-electron chi connectivity index (χ2n) is 7.56. The Balaban J connectivity index is 0.000000311. The minimum absolute atomic E-state index is 0.181. The largest absolute Gasteiger partial charge is 0.465 e. The van der Waals surface area contributed by atoms with Crippen LogP contribution >= 0.6 is 0 Å². The Morgan fingerprint density at radius 3 is 1.48 bits per heavy atom. The molecule has 31 heavy (non-hydrogen) atoms. The first kappa shape index (κ1) is 27.0. The maximum atomic E-state index is 9.09. The molecule has 0 aliphatic carbocycles. The molecule has 174 valence electrons. The van der Waals surface area contributed by atoms with Crippen molar-refractivity contribution in [2.45, 2.75) is 79.0 Å². The van der Waals surface area contributed by atoms with Gasteiger partial charge in [0.1, 0.15) is 11.5 Å². The molecule has 0 amide bonds. The highest BCUT2D eigenvalue weighted by Crippen LogP contribution is 2.23. The highest BCUT2D eigenvalue weighted by atomic mass is 16.8. The van der Waals surface area contributed by atoms with Crippen molar-refractivity contribution in [3.8, 4) is 11.5 Å². The molecule has 2 aromatic rings. The zero-order valence-corrected chi connectivity index (χ0v) is 20.1. The molecule has 5 heteroatoms. The van der Waals surface area contributed by atoms with Crippen LogP contribution in [0.3, 0.4) is 0 Å². The van der Waals surface area contributed by atoms with E-state index in [1.807, 2.05) is 50.2 Å². The molecule has 2 rings (SSSR count). The van der Waals surface area contributed by atoms with E-state index in [0.717, 1.165) is 18.6 Å². The zero-order valence-electron chi connectivity index (χ0n) is 20.1. The van der Waals surface area contributed by atoms with Crippen LogP contribution in [-0.2, 0) is 9.47 Å². The molecule has 0 radical (unpaired) electrons. The van der Waals surface area contributed by atoms with Crippen LogP contribution < -0.4 is 9.47 Å². The molecule has 0 aliphatic heterocycles. The second-order valence-corrected chi connectivity index (χ2v) is 7.56. The number of hydrogen-bond acceptors (Lipinski definition) is 5. The zero-order chi connectivity index (χ0) is 23.2. The molecule has 0 fully saturated rings. The summed E-state index contributed by atoms with van der Waals surface area (Å²) >= 11 is 0. The van der Waals surface area contributed by atoms with E-state index in [4.69, 9.17) is 19.3 Å². The Kier molecular flexibility index (Phi) is 12.9. The van der Waals surface area contributed by atoms with Gasteiger partial charge in [-0.1, -0.05) is 52.0 Å². The normalized spacial score (nSPS) is 14.6. The van der Waals surface area contributed by atoms with Crippen molar-refractivity contribution in [2.24, 2.45) is 0 Å². The van der Waals surface area contributed by atoms with Gasteiger partial charge in [0.05, 0.1) is 0 Å². The molecular formula is C26H40O5. The van der Waals surface area contributed by atoms with E-state index in [9.17, 15) is 0 Å². The summed E-state index contributed by atoms with van der Waals surface area (Å²) in [6.07, 6.45) is 2.09. The Morgan fingerprint density at radius 1 is 0.710 bits per heavy atom. The fourth-order valence-corrected chi connectivity index (χ4v) is 2.85. The van der Waals surface area contributed by atoms with Crippen molar-refractivity contribution >= 4 is 0 Å². The molecule has 0 heterocycles. The molecule has 4 atom stereocenters. The molecule has 2 aromatic carbocycles. The van der Waals surface area contributed by atoms with E-state index in [0.29, 0.717) is 24.2 Å². The molecular weight excluding hydrogens is 392 g/mol. The SMILES string of the molecule is CCC(C)c1ccc(OC(O)OC)cc1.CCOC(C)Oc1ccc(C(C)CC)cc1. The Bertz CT molecular complexity index is 699. The second kappa shape index (κ2) is 14.8. The third-order valence-corrected chi connectivity index (χ3v) is 5.26. The van der Waals surface area contributed by atoms with Crippen LogP contribution in [0.2, 0.25) is 0 Å². The summed E-state index contributed by atoms with van der Waals surface area (Å²) in [6.45, 7) is 12.1. The minimum atomic E-state index is -1.19. The summed E-state index contributed by atoms with van der Waals surface area (Å²) < 4.78 is 20.6. The van der Waals surface area contributed by atoms with Gasteiger partial charge in [0, 0.05) is 13.7 Å². The topological polar surface area (TPSA) is 57.2 Å². The van der Waals surface area contributed by atoms with Crippen molar-refractivity contribution in [1.82, 2.24) is 0 Å². The summed E-state index contributed by atoms with van der Waals surface area (Å²) in [4.78, 5) is 0. The average Bonchev–Trinajstić information content (AvgIpc) is 2.79. The predicted molar refractivity (Wildman–Crippen MR) is 126 cm³/mol. The van der Waals surface area contributed by atoms with Gasteiger partial charge in [-0.2, -0.15) is 0 Å².